The number of benzene rings is 2. The van der Waals surface area contributed by atoms with Crippen LogP contribution < -0.4 is 4.74 Å². The highest BCUT2D eigenvalue weighted by molar-refractivity contribution is 5.68. The molecule has 0 aromatic heterocycles. The minimum Gasteiger partial charge on any atom is -0.488 e. The average molecular weight is 413 g/mol. The lowest BCUT2D eigenvalue weighted by Gasteiger charge is -2.24. The molecule has 0 aliphatic carbocycles. The van der Waals surface area contributed by atoms with Crippen LogP contribution in [0.3, 0.4) is 0 Å². The summed E-state index contributed by atoms with van der Waals surface area (Å²) in [4.78, 5) is 0. The average Bonchev–Trinajstić information content (AvgIpc) is 2.80. The normalized spacial score (nSPS) is 12.3. The Kier molecular flexibility index (Phi) is 9.57. The van der Waals surface area contributed by atoms with Gasteiger partial charge in [0.1, 0.15) is 12.4 Å². The molecule has 0 heterocycles. The number of rotatable bonds is 12. The van der Waals surface area contributed by atoms with Gasteiger partial charge in [0.25, 0.3) is 0 Å². The molecule has 4 nitrogen and oxygen atoms in total. The molecular formula is C26H36O4. The fourth-order valence-corrected chi connectivity index (χ4v) is 3.61. The molecule has 0 aliphatic rings. The van der Waals surface area contributed by atoms with E-state index in [1.165, 1.54) is 0 Å². The Morgan fingerprint density at radius 2 is 1.70 bits per heavy atom. The first-order chi connectivity index (χ1) is 14.5. The lowest BCUT2D eigenvalue weighted by Crippen LogP contribution is -2.26. The topological polar surface area (TPSA) is 69.9 Å². The third-order valence-corrected chi connectivity index (χ3v) is 5.93. The second-order valence-electron chi connectivity index (χ2n) is 7.91. The van der Waals surface area contributed by atoms with E-state index in [1.54, 1.807) is 0 Å². The van der Waals surface area contributed by atoms with Crippen molar-refractivity contribution in [2.75, 3.05) is 0 Å². The number of hydrogen-bond acceptors (Lipinski definition) is 4. The second kappa shape index (κ2) is 11.9. The van der Waals surface area contributed by atoms with Crippen molar-refractivity contribution in [2.24, 2.45) is 0 Å². The van der Waals surface area contributed by atoms with Crippen LogP contribution in [-0.4, -0.2) is 20.9 Å². The van der Waals surface area contributed by atoms with Gasteiger partial charge in [-0.3, -0.25) is 0 Å². The van der Waals surface area contributed by atoms with Gasteiger partial charge in [0.2, 0.25) is 0 Å². The summed E-state index contributed by atoms with van der Waals surface area (Å²) in [6.07, 6.45) is 6.50. The largest absolute Gasteiger partial charge is 0.488 e. The minimum atomic E-state index is -0.540. The van der Waals surface area contributed by atoms with Crippen LogP contribution in [0.5, 0.6) is 5.75 Å². The minimum absolute atomic E-state index is 0.0855. The molecule has 0 spiro atoms. The molecule has 2 aromatic carbocycles. The quantitative estimate of drug-likeness (QED) is 0.410. The van der Waals surface area contributed by atoms with Gasteiger partial charge in [-0.25, -0.2) is 0 Å². The molecule has 164 valence electrons. The van der Waals surface area contributed by atoms with Crippen LogP contribution in [0.1, 0.15) is 75.1 Å². The summed E-state index contributed by atoms with van der Waals surface area (Å²) in [5, 5.41) is 29.3. The van der Waals surface area contributed by atoms with E-state index in [4.69, 9.17) is 4.74 Å². The Bertz CT molecular complexity index is 822. The number of unbranched alkanes of at least 4 members (excludes halogenated alkanes) is 1. The summed E-state index contributed by atoms with van der Waals surface area (Å²) in [5.74, 6) is 0.821. The van der Waals surface area contributed by atoms with Gasteiger partial charge < -0.3 is 20.1 Å². The van der Waals surface area contributed by atoms with Crippen LogP contribution in [0, 0.1) is 0 Å². The molecule has 4 heteroatoms. The summed E-state index contributed by atoms with van der Waals surface area (Å²) in [7, 11) is 0. The fraction of sp³-hybridized carbons (Fsp3) is 0.462. The maximum absolute atomic E-state index is 10.4. The summed E-state index contributed by atoms with van der Waals surface area (Å²) < 4.78 is 6.09. The van der Waals surface area contributed by atoms with Crippen molar-refractivity contribution in [3.63, 3.8) is 0 Å². The molecule has 0 amide bonds. The molecule has 0 atom stereocenters. The Morgan fingerprint density at radius 1 is 1.00 bits per heavy atom. The molecule has 30 heavy (non-hydrogen) atoms. The number of aliphatic hydroxyl groups excluding tert-OH is 2. The van der Waals surface area contributed by atoms with E-state index in [0.29, 0.717) is 6.61 Å². The highest BCUT2D eigenvalue weighted by atomic mass is 16.5. The Morgan fingerprint density at radius 3 is 2.37 bits per heavy atom. The van der Waals surface area contributed by atoms with E-state index in [-0.39, 0.29) is 13.2 Å². The van der Waals surface area contributed by atoms with E-state index in [0.717, 1.165) is 65.7 Å². The van der Waals surface area contributed by atoms with Gasteiger partial charge in [-0.1, -0.05) is 50.3 Å². The molecule has 0 aliphatic heterocycles. The third-order valence-electron chi connectivity index (χ3n) is 5.93. The Balaban J connectivity index is 2.03. The van der Waals surface area contributed by atoms with Crippen molar-refractivity contribution in [2.45, 2.75) is 78.3 Å². The van der Waals surface area contributed by atoms with Gasteiger partial charge in [0, 0.05) is 5.56 Å². The smallest absolute Gasteiger partial charge is 0.127 e. The van der Waals surface area contributed by atoms with E-state index < -0.39 is 5.60 Å². The zero-order valence-electron chi connectivity index (χ0n) is 18.5. The molecule has 0 unspecified atom stereocenters. The summed E-state index contributed by atoms with van der Waals surface area (Å²) >= 11 is 0. The molecule has 0 bridgehead atoms. The summed E-state index contributed by atoms with van der Waals surface area (Å²) in [6.45, 7) is 6.38. The van der Waals surface area contributed by atoms with Crippen LogP contribution in [0.15, 0.2) is 48.5 Å². The van der Waals surface area contributed by atoms with Gasteiger partial charge in [0.15, 0.2) is 0 Å². The van der Waals surface area contributed by atoms with Crippen LogP contribution in [0.25, 0.3) is 5.57 Å². The SMILES string of the molecule is CCC(O)(CC)CCC/C=C(\C)c1ccccc1OCc1ccc(CO)c(CO)c1. The zero-order chi connectivity index (χ0) is 22.0. The maximum Gasteiger partial charge on any atom is 0.127 e. The van der Waals surface area contributed by atoms with Gasteiger partial charge >= 0.3 is 0 Å². The number of aliphatic hydroxyl groups is 3. The number of para-hydroxylation sites is 1. The zero-order valence-corrected chi connectivity index (χ0v) is 18.5. The van der Waals surface area contributed by atoms with E-state index in [1.807, 2.05) is 50.2 Å². The van der Waals surface area contributed by atoms with Crippen molar-refractivity contribution in [3.8, 4) is 5.75 Å². The predicted molar refractivity (Wildman–Crippen MR) is 122 cm³/mol. The van der Waals surface area contributed by atoms with Crippen LogP contribution in [-0.2, 0) is 19.8 Å². The van der Waals surface area contributed by atoms with Crippen molar-refractivity contribution in [3.05, 3.63) is 70.8 Å². The van der Waals surface area contributed by atoms with Gasteiger partial charge in [0.05, 0.1) is 18.8 Å². The Labute approximate surface area is 180 Å². The van der Waals surface area contributed by atoms with Crippen molar-refractivity contribution in [1.82, 2.24) is 0 Å². The molecule has 2 aromatic rings. The van der Waals surface area contributed by atoms with Gasteiger partial charge in [-0.15, -0.1) is 0 Å². The lowest BCUT2D eigenvalue weighted by molar-refractivity contribution is 0.0220. The number of allylic oxidation sites excluding steroid dienone is 2. The number of hydrogen-bond donors (Lipinski definition) is 3. The summed E-state index contributed by atoms with van der Waals surface area (Å²) in [6, 6.07) is 13.6. The standard InChI is InChI=1S/C26H36O4/c1-4-26(29,5-2)15-9-8-10-20(3)24-11-6-7-12-25(24)30-19-21-13-14-22(17-27)23(16-21)18-28/h6-7,10-14,16,27-29H,4-5,8-9,15,17-19H2,1-3H3/b20-10+. The first-order valence-corrected chi connectivity index (χ1v) is 10.9. The fourth-order valence-electron chi connectivity index (χ4n) is 3.61. The van der Waals surface area contributed by atoms with Crippen LogP contribution in [0.4, 0.5) is 0 Å². The maximum atomic E-state index is 10.4. The van der Waals surface area contributed by atoms with E-state index in [9.17, 15) is 15.3 Å². The first kappa shape index (κ1) is 24.1. The summed E-state index contributed by atoms with van der Waals surface area (Å²) in [5.41, 5.74) is 4.09. The van der Waals surface area contributed by atoms with Crippen molar-refractivity contribution >= 4 is 5.57 Å². The monoisotopic (exact) mass is 412 g/mol. The van der Waals surface area contributed by atoms with Crippen molar-refractivity contribution < 1.29 is 20.1 Å². The molecular weight excluding hydrogens is 376 g/mol. The predicted octanol–water partition coefficient (Wildman–Crippen LogP) is 5.37. The van der Waals surface area contributed by atoms with E-state index >= 15 is 0 Å². The molecule has 3 N–H and O–H groups in total. The highest BCUT2D eigenvalue weighted by Crippen LogP contribution is 2.28. The Hall–Kier alpha value is -2.14. The lowest BCUT2D eigenvalue weighted by atomic mass is 9.91. The van der Waals surface area contributed by atoms with Gasteiger partial charge in [-0.2, -0.15) is 0 Å². The molecule has 0 radical (unpaired) electrons. The van der Waals surface area contributed by atoms with Crippen molar-refractivity contribution in [1.29, 1.82) is 0 Å². The highest BCUT2D eigenvalue weighted by Gasteiger charge is 2.20. The molecule has 0 saturated carbocycles. The molecule has 0 fully saturated rings. The van der Waals surface area contributed by atoms with Crippen LogP contribution >= 0.6 is 0 Å². The number of ether oxygens (including phenoxy) is 1. The molecule has 0 saturated heterocycles. The van der Waals surface area contributed by atoms with E-state index in [2.05, 4.69) is 19.1 Å². The molecule has 2 rings (SSSR count). The first-order valence-electron chi connectivity index (χ1n) is 10.9. The second-order valence-corrected chi connectivity index (χ2v) is 7.91. The van der Waals surface area contributed by atoms with Gasteiger partial charge in [-0.05, 0) is 73.4 Å². The van der Waals surface area contributed by atoms with Crippen LogP contribution in [0.2, 0.25) is 0 Å². The third kappa shape index (κ3) is 6.69.